The fraction of sp³-hybridized carbons (Fsp3) is 1.00. The van der Waals surface area contributed by atoms with Crippen LogP contribution in [0.15, 0.2) is 0 Å². The van der Waals surface area contributed by atoms with Crippen LogP contribution in [0.3, 0.4) is 0 Å². The van der Waals surface area contributed by atoms with Crippen molar-refractivity contribution in [3.63, 3.8) is 0 Å². The normalized spacial score (nSPS) is 29.6. The van der Waals surface area contributed by atoms with Crippen molar-refractivity contribution in [1.82, 2.24) is 5.32 Å². The van der Waals surface area contributed by atoms with E-state index in [2.05, 4.69) is 19.2 Å². The molecule has 1 spiro atoms. The lowest BCUT2D eigenvalue weighted by atomic mass is 9.73. The largest absolute Gasteiger partial charge is 0.390 e. The van der Waals surface area contributed by atoms with Crippen LogP contribution in [-0.4, -0.2) is 47.0 Å². The van der Waals surface area contributed by atoms with Crippen molar-refractivity contribution in [1.29, 1.82) is 0 Å². The Kier molecular flexibility index (Phi) is 5.80. The average molecular weight is 301 g/mol. The van der Waals surface area contributed by atoms with Gasteiger partial charge in [-0.15, -0.1) is 0 Å². The Labute approximate surface area is 128 Å². The van der Waals surface area contributed by atoms with Gasteiger partial charge in [0.25, 0.3) is 0 Å². The Balaban J connectivity index is 1.89. The third-order valence-electron chi connectivity index (χ3n) is 4.96. The Morgan fingerprint density at radius 1 is 1.40 bits per heavy atom. The second-order valence-electron chi connectivity index (χ2n) is 7.05. The highest BCUT2D eigenvalue weighted by molar-refractivity contribution is 7.99. The van der Waals surface area contributed by atoms with Gasteiger partial charge in [0.05, 0.1) is 11.2 Å². The summed E-state index contributed by atoms with van der Waals surface area (Å²) in [4.78, 5) is 0. The van der Waals surface area contributed by atoms with Crippen LogP contribution in [-0.2, 0) is 4.74 Å². The smallest absolute Gasteiger partial charge is 0.0702 e. The summed E-state index contributed by atoms with van der Waals surface area (Å²) in [6.07, 6.45) is 5.20. The predicted octanol–water partition coefficient (Wildman–Crippen LogP) is 2.82. The molecule has 3 nitrogen and oxygen atoms in total. The van der Waals surface area contributed by atoms with Gasteiger partial charge in [0, 0.05) is 12.6 Å². The molecule has 0 bridgehead atoms. The number of thioether (sulfide) groups is 1. The molecule has 2 atom stereocenters. The maximum atomic E-state index is 10.9. The van der Waals surface area contributed by atoms with Gasteiger partial charge in [-0.05, 0) is 63.0 Å². The SMILES string of the molecule is CC(C)NCCC(C)(O)C1CCOC2(CCSCC2)C1. The molecule has 2 aliphatic rings. The van der Waals surface area contributed by atoms with Gasteiger partial charge in [0.15, 0.2) is 0 Å². The molecule has 0 saturated carbocycles. The molecule has 2 N–H and O–H groups in total. The van der Waals surface area contributed by atoms with E-state index >= 15 is 0 Å². The minimum absolute atomic E-state index is 0.0730. The fourth-order valence-electron chi connectivity index (χ4n) is 3.47. The van der Waals surface area contributed by atoms with Crippen molar-refractivity contribution >= 4 is 11.8 Å². The first-order chi connectivity index (χ1) is 9.44. The molecule has 2 rings (SSSR count). The number of aliphatic hydroxyl groups is 1. The van der Waals surface area contributed by atoms with Crippen molar-refractivity contribution in [2.45, 2.75) is 70.1 Å². The van der Waals surface area contributed by atoms with E-state index in [1.54, 1.807) is 0 Å². The zero-order valence-corrected chi connectivity index (χ0v) is 14.1. The van der Waals surface area contributed by atoms with Crippen molar-refractivity contribution in [3.05, 3.63) is 0 Å². The van der Waals surface area contributed by atoms with Crippen LogP contribution in [0.5, 0.6) is 0 Å². The van der Waals surface area contributed by atoms with E-state index in [0.717, 1.165) is 45.3 Å². The van der Waals surface area contributed by atoms with Crippen LogP contribution in [0.25, 0.3) is 0 Å². The molecule has 0 aromatic rings. The molecule has 0 radical (unpaired) electrons. The van der Waals surface area contributed by atoms with Gasteiger partial charge in [-0.2, -0.15) is 11.8 Å². The zero-order chi connectivity index (χ0) is 14.6. The summed E-state index contributed by atoms with van der Waals surface area (Å²) >= 11 is 2.04. The predicted molar refractivity (Wildman–Crippen MR) is 86.3 cm³/mol. The molecule has 2 fully saturated rings. The number of hydrogen-bond donors (Lipinski definition) is 2. The Morgan fingerprint density at radius 2 is 2.10 bits per heavy atom. The lowest BCUT2D eigenvalue weighted by Gasteiger charge is -2.47. The molecule has 0 aliphatic carbocycles. The van der Waals surface area contributed by atoms with Gasteiger partial charge < -0.3 is 15.2 Å². The van der Waals surface area contributed by atoms with Gasteiger partial charge in [0.2, 0.25) is 0 Å². The van der Waals surface area contributed by atoms with Crippen LogP contribution in [0.1, 0.15) is 52.9 Å². The highest BCUT2D eigenvalue weighted by Gasteiger charge is 2.44. The molecule has 2 saturated heterocycles. The van der Waals surface area contributed by atoms with Crippen molar-refractivity contribution in [3.8, 4) is 0 Å². The van der Waals surface area contributed by atoms with Gasteiger partial charge in [-0.1, -0.05) is 13.8 Å². The Hall–Kier alpha value is 0.230. The third kappa shape index (κ3) is 4.36. The summed E-state index contributed by atoms with van der Waals surface area (Å²) in [7, 11) is 0. The molecule has 0 aromatic carbocycles. The van der Waals surface area contributed by atoms with E-state index in [4.69, 9.17) is 4.74 Å². The minimum Gasteiger partial charge on any atom is -0.390 e. The quantitative estimate of drug-likeness (QED) is 0.819. The van der Waals surface area contributed by atoms with E-state index in [1.807, 2.05) is 18.7 Å². The molecule has 2 heterocycles. The topological polar surface area (TPSA) is 41.5 Å². The molecular weight excluding hydrogens is 270 g/mol. The van der Waals surface area contributed by atoms with Crippen molar-refractivity contribution in [2.75, 3.05) is 24.7 Å². The van der Waals surface area contributed by atoms with Gasteiger partial charge in [0.1, 0.15) is 0 Å². The first kappa shape index (κ1) is 16.6. The highest BCUT2D eigenvalue weighted by Crippen LogP contribution is 2.43. The van der Waals surface area contributed by atoms with Crippen LogP contribution < -0.4 is 5.32 Å². The number of rotatable bonds is 5. The monoisotopic (exact) mass is 301 g/mol. The van der Waals surface area contributed by atoms with Crippen LogP contribution in [0.4, 0.5) is 0 Å². The van der Waals surface area contributed by atoms with E-state index in [-0.39, 0.29) is 5.60 Å². The van der Waals surface area contributed by atoms with Gasteiger partial charge in [-0.3, -0.25) is 0 Å². The fourth-order valence-corrected chi connectivity index (χ4v) is 4.71. The zero-order valence-electron chi connectivity index (χ0n) is 13.3. The van der Waals surface area contributed by atoms with E-state index in [1.165, 1.54) is 11.5 Å². The van der Waals surface area contributed by atoms with Gasteiger partial charge in [-0.25, -0.2) is 0 Å². The van der Waals surface area contributed by atoms with Crippen LogP contribution in [0, 0.1) is 5.92 Å². The summed E-state index contributed by atoms with van der Waals surface area (Å²) in [6, 6.07) is 0.488. The number of nitrogens with one attached hydrogen (secondary N) is 1. The Bertz CT molecular complexity index is 295. The maximum absolute atomic E-state index is 10.9. The van der Waals surface area contributed by atoms with E-state index in [9.17, 15) is 5.11 Å². The van der Waals surface area contributed by atoms with Gasteiger partial charge >= 0.3 is 0 Å². The summed E-state index contributed by atoms with van der Waals surface area (Å²) < 4.78 is 6.13. The number of ether oxygens (including phenoxy) is 1. The molecule has 2 unspecified atom stereocenters. The summed E-state index contributed by atoms with van der Waals surface area (Å²) in [5.41, 5.74) is -0.493. The Morgan fingerprint density at radius 3 is 2.75 bits per heavy atom. The third-order valence-corrected chi connectivity index (χ3v) is 5.95. The summed E-state index contributed by atoms with van der Waals surface area (Å²) in [5.74, 6) is 2.81. The second kappa shape index (κ2) is 6.99. The van der Waals surface area contributed by atoms with Crippen LogP contribution in [0.2, 0.25) is 0 Å². The van der Waals surface area contributed by atoms with Crippen molar-refractivity contribution < 1.29 is 9.84 Å². The summed E-state index contributed by atoms with van der Waals surface area (Å²) in [5, 5.41) is 14.3. The molecule has 118 valence electrons. The molecule has 4 heteroatoms. The molecule has 0 aromatic heterocycles. The second-order valence-corrected chi connectivity index (χ2v) is 8.27. The first-order valence-electron chi connectivity index (χ1n) is 8.11. The standard InChI is InChI=1S/C16H31NO2S/c1-13(2)17-8-5-15(3,18)14-4-9-19-16(12-14)6-10-20-11-7-16/h13-14,17-18H,4-12H2,1-3H3. The highest BCUT2D eigenvalue weighted by atomic mass is 32.2. The minimum atomic E-state index is -0.566. The van der Waals surface area contributed by atoms with E-state index in [0.29, 0.717) is 12.0 Å². The maximum Gasteiger partial charge on any atom is 0.0702 e. The van der Waals surface area contributed by atoms with Crippen molar-refractivity contribution in [2.24, 2.45) is 5.92 Å². The lowest BCUT2D eigenvalue weighted by molar-refractivity contribution is -0.143. The molecule has 0 amide bonds. The first-order valence-corrected chi connectivity index (χ1v) is 9.26. The molecular formula is C16H31NO2S. The lowest BCUT2D eigenvalue weighted by Crippen LogP contribution is -2.49. The summed E-state index contributed by atoms with van der Waals surface area (Å²) in [6.45, 7) is 8.04. The number of hydrogen-bond acceptors (Lipinski definition) is 4. The van der Waals surface area contributed by atoms with Crippen LogP contribution >= 0.6 is 11.8 Å². The molecule has 2 aliphatic heterocycles. The molecule has 20 heavy (non-hydrogen) atoms. The van der Waals surface area contributed by atoms with E-state index < -0.39 is 5.60 Å². The average Bonchev–Trinajstić information content (AvgIpc) is 2.39.